The van der Waals surface area contributed by atoms with E-state index in [1.165, 1.54) is 7.11 Å². The van der Waals surface area contributed by atoms with Crippen LogP contribution in [-0.4, -0.2) is 28.2 Å². The summed E-state index contributed by atoms with van der Waals surface area (Å²) < 4.78 is 4.79. The summed E-state index contributed by atoms with van der Waals surface area (Å²) in [6.45, 7) is 0. The highest BCUT2D eigenvalue weighted by atomic mass is 16.5. The zero-order valence-corrected chi connectivity index (χ0v) is 11.4. The molecular weight excluding hydrogens is 268 g/mol. The number of aliphatic hydroxyl groups excluding tert-OH is 1. The predicted molar refractivity (Wildman–Crippen MR) is 77.9 cm³/mol. The van der Waals surface area contributed by atoms with Crippen LogP contribution in [0.4, 0.5) is 0 Å². The van der Waals surface area contributed by atoms with Crippen molar-refractivity contribution in [3.8, 4) is 0 Å². The number of esters is 1. The lowest BCUT2D eigenvalue weighted by Gasteiger charge is -2.11. The molecule has 3 rings (SSSR count). The molecule has 0 radical (unpaired) electrons. The van der Waals surface area contributed by atoms with Gasteiger partial charge in [-0.3, -0.25) is 4.98 Å². The smallest absolute Gasteiger partial charge is 0.354 e. The Balaban J connectivity index is 2.22. The molecule has 0 saturated carbocycles. The first-order chi connectivity index (χ1) is 10.2. The number of aromatic nitrogens is 2. The second-order valence-electron chi connectivity index (χ2n) is 4.61. The van der Waals surface area contributed by atoms with Crippen molar-refractivity contribution < 1.29 is 14.6 Å². The molecule has 1 atom stereocenters. The number of H-pyrrole nitrogens is 1. The van der Waals surface area contributed by atoms with Crippen molar-refractivity contribution in [1.82, 2.24) is 9.97 Å². The fourth-order valence-electron chi connectivity index (χ4n) is 2.40. The normalized spacial score (nSPS) is 12.3. The summed E-state index contributed by atoms with van der Waals surface area (Å²) >= 11 is 0. The van der Waals surface area contributed by atoms with Crippen LogP contribution in [0.1, 0.15) is 27.8 Å². The maximum Gasteiger partial charge on any atom is 0.354 e. The van der Waals surface area contributed by atoms with Gasteiger partial charge in [0.2, 0.25) is 0 Å². The van der Waals surface area contributed by atoms with Gasteiger partial charge < -0.3 is 14.8 Å². The second kappa shape index (κ2) is 5.38. The number of hydrogen-bond acceptors (Lipinski definition) is 4. The standard InChI is InChI=1S/C16H14N2O3/c1-21-16(20)14-13(10-6-2-3-7-11(10)18-14)15(19)12-8-4-5-9-17-12/h2-9,15,18-19H,1H3/t15-/m0/s1. The number of benzene rings is 1. The molecule has 21 heavy (non-hydrogen) atoms. The minimum Gasteiger partial charge on any atom is -0.464 e. The van der Waals surface area contributed by atoms with Crippen molar-refractivity contribution >= 4 is 16.9 Å². The van der Waals surface area contributed by atoms with Gasteiger partial charge in [0.05, 0.1) is 12.8 Å². The molecule has 0 spiro atoms. The lowest BCUT2D eigenvalue weighted by molar-refractivity contribution is 0.0589. The van der Waals surface area contributed by atoms with E-state index in [1.54, 1.807) is 24.4 Å². The van der Waals surface area contributed by atoms with Crippen LogP contribution in [0.2, 0.25) is 0 Å². The van der Waals surface area contributed by atoms with Gasteiger partial charge in [-0.05, 0) is 18.2 Å². The monoisotopic (exact) mass is 282 g/mol. The summed E-state index contributed by atoms with van der Waals surface area (Å²) in [6.07, 6.45) is 0.599. The van der Waals surface area contributed by atoms with E-state index in [1.807, 2.05) is 24.3 Å². The SMILES string of the molecule is COC(=O)c1[nH]c2ccccc2c1[C@@H](O)c1ccccn1. The largest absolute Gasteiger partial charge is 0.464 e. The van der Waals surface area contributed by atoms with E-state index in [-0.39, 0.29) is 5.69 Å². The van der Waals surface area contributed by atoms with Gasteiger partial charge in [-0.2, -0.15) is 0 Å². The van der Waals surface area contributed by atoms with Crippen molar-refractivity contribution in [2.75, 3.05) is 7.11 Å². The Morgan fingerprint density at radius 3 is 2.71 bits per heavy atom. The van der Waals surface area contributed by atoms with Crippen molar-refractivity contribution in [2.45, 2.75) is 6.10 Å². The van der Waals surface area contributed by atoms with Crippen LogP contribution in [-0.2, 0) is 4.74 Å². The van der Waals surface area contributed by atoms with E-state index < -0.39 is 12.1 Å². The van der Waals surface area contributed by atoms with E-state index in [9.17, 15) is 9.90 Å². The number of para-hydroxylation sites is 1. The molecule has 0 saturated heterocycles. The van der Waals surface area contributed by atoms with E-state index in [4.69, 9.17) is 4.74 Å². The lowest BCUT2D eigenvalue weighted by atomic mass is 10.0. The van der Waals surface area contributed by atoms with Gasteiger partial charge in [0.15, 0.2) is 0 Å². The molecule has 3 aromatic rings. The van der Waals surface area contributed by atoms with Crippen molar-refractivity contribution in [2.24, 2.45) is 0 Å². The van der Waals surface area contributed by atoms with Gasteiger partial charge in [-0.25, -0.2) is 4.79 Å². The summed E-state index contributed by atoms with van der Waals surface area (Å²) in [4.78, 5) is 19.1. The maximum atomic E-state index is 12.0. The van der Waals surface area contributed by atoms with Crippen LogP contribution in [0, 0.1) is 0 Å². The van der Waals surface area contributed by atoms with Crippen molar-refractivity contribution in [3.63, 3.8) is 0 Å². The maximum absolute atomic E-state index is 12.0. The molecule has 2 N–H and O–H groups in total. The lowest BCUT2D eigenvalue weighted by Crippen LogP contribution is -2.10. The van der Waals surface area contributed by atoms with E-state index in [0.29, 0.717) is 11.3 Å². The molecule has 5 nitrogen and oxygen atoms in total. The molecule has 1 aromatic carbocycles. The Morgan fingerprint density at radius 1 is 1.24 bits per heavy atom. The van der Waals surface area contributed by atoms with Gasteiger partial charge in [0.25, 0.3) is 0 Å². The molecule has 2 heterocycles. The Hall–Kier alpha value is -2.66. The van der Waals surface area contributed by atoms with Crippen molar-refractivity contribution in [1.29, 1.82) is 0 Å². The number of carbonyl (C=O) groups is 1. The highest BCUT2D eigenvalue weighted by molar-refractivity contribution is 5.98. The molecule has 106 valence electrons. The second-order valence-corrected chi connectivity index (χ2v) is 4.61. The van der Waals surface area contributed by atoms with E-state index >= 15 is 0 Å². The van der Waals surface area contributed by atoms with Crippen LogP contribution in [0.15, 0.2) is 48.7 Å². The first-order valence-corrected chi connectivity index (χ1v) is 6.50. The molecule has 0 aliphatic heterocycles. The Kier molecular flexibility index (Phi) is 3.41. The number of nitrogens with zero attached hydrogens (tertiary/aromatic N) is 1. The number of carbonyl (C=O) groups excluding carboxylic acids is 1. The van der Waals surface area contributed by atoms with Gasteiger partial charge >= 0.3 is 5.97 Å². The number of pyridine rings is 1. The zero-order valence-electron chi connectivity index (χ0n) is 11.4. The molecule has 5 heteroatoms. The number of rotatable bonds is 3. The van der Waals surface area contributed by atoms with Crippen LogP contribution in [0.25, 0.3) is 10.9 Å². The number of methoxy groups -OCH3 is 1. The number of ether oxygens (including phenoxy) is 1. The highest BCUT2D eigenvalue weighted by Crippen LogP contribution is 2.31. The third-order valence-corrected chi connectivity index (χ3v) is 3.38. The van der Waals surface area contributed by atoms with Crippen LogP contribution < -0.4 is 0 Å². The van der Waals surface area contributed by atoms with Gasteiger partial charge in [0, 0.05) is 22.7 Å². The van der Waals surface area contributed by atoms with Gasteiger partial charge in [0.1, 0.15) is 11.8 Å². The summed E-state index contributed by atoms with van der Waals surface area (Å²) in [5.74, 6) is -0.517. The highest BCUT2D eigenvalue weighted by Gasteiger charge is 2.25. The van der Waals surface area contributed by atoms with Crippen LogP contribution in [0.5, 0.6) is 0 Å². The Bertz CT molecular complexity index is 781. The van der Waals surface area contributed by atoms with E-state index in [0.717, 1.165) is 10.9 Å². The topological polar surface area (TPSA) is 75.2 Å². The van der Waals surface area contributed by atoms with Gasteiger partial charge in [-0.1, -0.05) is 24.3 Å². The molecule has 2 aromatic heterocycles. The predicted octanol–water partition coefficient (Wildman–Crippen LogP) is 2.43. The molecule has 0 aliphatic rings. The van der Waals surface area contributed by atoms with Crippen LogP contribution >= 0.6 is 0 Å². The zero-order chi connectivity index (χ0) is 14.8. The first kappa shape index (κ1) is 13.3. The molecule has 0 amide bonds. The molecular formula is C16H14N2O3. The minimum atomic E-state index is -1.00. The third-order valence-electron chi connectivity index (χ3n) is 3.38. The summed E-state index contributed by atoms with van der Waals surface area (Å²) in [5.41, 5.74) is 1.98. The molecule has 0 unspecified atom stereocenters. The van der Waals surface area contributed by atoms with Gasteiger partial charge in [-0.15, -0.1) is 0 Å². The number of aliphatic hydroxyl groups is 1. The molecule has 0 aliphatic carbocycles. The third kappa shape index (κ3) is 2.28. The fourth-order valence-corrected chi connectivity index (χ4v) is 2.40. The molecule has 0 fully saturated rings. The average Bonchev–Trinajstić information content (AvgIpc) is 2.93. The Labute approximate surface area is 121 Å². The number of fused-ring (bicyclic) bond motifs is 1. The first-order valence-electron chi connectivity index (χ1n) is 6.50. The number of nitrogens with one attached hydrogen (secondary N) is 1. The summed E-state index contributed by atoms with van der Waals surface area (Å²) in [5, 5.41) is 11.4. The fraction of sp³-hybridized carbons (Fsp3) is 0.125. The summed E-state index contributed by atoms with van der Waals surface area (Å²) in [7, 11) is 1.31. The van der Waals surface area contributed by atoms with E-state index in [2.05, 4.69) is 9.97 Å². The Morgan fingerprint density at radius 2 is 2.00 bits per heavy atom. The van der Waals surface area contributed by atoms with Crippen molar-refractivity contribution in [3.05, 3.63) is 65.6 Å². The quantitative estimate of drug-likeness (QED) is 0.723. The average molecular weight is 282 g/mol. The number of aromatic amines is 1. The summed E-state index contributed by atoms with van der Waals surface area (Å²) in [6, 6.07) is 12.7. The number of hydrogen-bond donors (Lipinski definition) is 2. The molecule has 0 bridgehead atoms. The minimum absolute atomic E-state index is 0.247. The van der Waals surface area contributed by atoms with Crippen LogP contribution in [0.3, 0.4) is 0 Å².